The van der Waals surface area contributed by atoms with Crippen LogP contribution < -0.4 is 43.0 Å². The Labute approximate surface area is 443 Å². The number of aromatic amines is 2. The van der Waals surface area contributed by atoms with Crippen LogP contribution in [0, 0.1) is 11.8 Å². The maximum absolute atomic E-state index is 14.6. The Hall–Kier alpha value is -7.46. The lowest BCUT2D eigenvalue weighted by Gasteiger charge is -2.31. The molecule has 8 amide bonds. The highest BCUT2D eigenvalue weighted by Gasteiger charge is 2.41. The molecule has 2 saturated heterocycles. The van der Waals surface area contributed by atoms with E-state index in [9.17, 15) is 43.5 Å². The molecule has 4 heterocycles. The van der Waals surface area contributed by atoms with Crippen molar-refractivity contribution in [2.45, 2.75) is 153 Å². The Kier molecular flexibility index (Phi) is 21.6. The Morgan fingerprint density at radius 1 is 0.684 bits per heavy atom. The van der Waals surface area contributed by atoms with E-state index in [1.807, 2.05) is 32.9 Å². The standard InChI is InChI=1S/C54H75N13O9/c1-5-33(4)47(53(75)62-40(48(55)70)23-34-14-8-6-9-15-34)66-46(69)27-45(68)39(22-32(2)3)61-51(73)42(25-36-28-56-30-59-36)63-50(72)41(24-35-16-10-7-11-17-35)64-52(74)44-19-13-21-67(44)54(76)43(26-37-29-57-31-60-37)65-49(71)38-18-12-20-58-38/h6-11,14-17,28-33,38-45,47,58,68H,5,12-13,18-27H2,1-4H3,(H2,55,70)(H,56,59)(H,57,60)(H,61,73)(H,62,75)(H,63,72)(H,64,74)(H,65,71)(H,66,69)/t33-,38-,39-,40-,41-,42-,43-,44-,45-,47-/m0/s1. The Balaban J connectivity index is 1.16. The second-order valence-electron chi connectivity index (χ2n) is 20.4. The van der Waals surface area contributed by atoms with Gasteiger partial charge in [-0.15, -0.1) is 0 Å². The number of rotatable bonds is 28. The molecule has 0 spiro atoms. The molecule has 2 aliphatic rings. The van der Waals surface area contributed by atoms with Crippen LogP contribution in [0.5, 0.6) is 0 Å². The lowest BCUT2D eigenvalue weighted by atomic mass is 9.95. The van der Waals surface area contributed by atoms with Crippen molar-refractivity contribution in [3.63, 3.8) is 0 Å². The van der Waals surface area contributed by atoms with Crippen molar-refractivity contribution in [2.75, 3.05) is 13.1 Å². The van der Waals surface area contributed by atoms with Crippen LogP contribution in [-0.2, 0) is 64.0 Å². The summed E-state index contributed by atoms with van der Waals surface area (Å²) >= 11 is 0. The summed E-state index contributed by atoms with van der Waals surface area (Å²) in [5.41, 5.74) is 8.26. The van der Waals surface area contributed by atoms with Crippen LogP contribution in [0.1, 0.15) is 95.2 Å². The third-order valence-corrected chi connectivity index (χ3v) is 14.0. The molecule has 2 aromatic carbocycles. The van der Waals surface area contributed by atoms with Gasteiger partial charge in [-0.05, 0) is 61.6 Å². The van der Waals surface area contributed by atoms with Crippen molar-refractivity contribution in [1.82, 2.24) is 62.1 Å². The van der Waals surface area contributed by atoms with E-state index in [1.165, 1.54) is 23.8 Å². The monoisotopic (exact) mass is 1050 g/mol. The number of benzene rings is 2. The number of carbonyl (C=O) groups is 8. The molecule has 6 rings (SSSR count). The van der Waals surface area contributed by atoms with E-state index >= 15 is 0 Å². The van der Waals surface area contributed by atoms with Crippen LogP contribution in [0.3, 0.4) is 0 Å². The van der Waals surface area contributed by atoms with Crippen LogP contribution >= 0.6 is 0 Å². The molecule has 76 heavy (non-hydrogen) atoms. The molecule has 22 heteroatoms. The number of likely N-dealkylation sites (tertiary alicyclic amines) is 1. The van der Waals surface area contributed by atoms with E-state index in [1.54, 1.807) is 61.7 Å². The summed E-state index contributed by atoms with van der Waals surface area (Å²) in [6.45, 7) is 8.29. The minimum atomic E-state index is -1.46. The molecule has 410 valence electrons. The predicted molar refractivity (Wildman–Crippen MR) is 281 cm³/mol. The van der Waals surface area contributed by atoms with E-state index in [4.69, 9.17) is 5.73 Å². The fourth-order valence-electron chi connectivity index (χ4n) is 9.63. The first-order valence-corrected chi connectivity index (χ1v) is 26.3. The molecule has 12 N–H and O–H groups in total. The van der Waals surface area contributed by atoms with Crippen LogP contribution in [-0.4, -0.2) is 145 Å². The van der Waals surface area contributed by atoms with Gasteiger partial charge in [-0.2, -0.15) is 0 Å². The Morgan fingerprint density at radius 2 is 1.25 bits per heavy atom. The maximum Gasteiger partial charge on any atom is 0.246 e. The number of primary amides is 1. The first-order chi connectivity index (χ1) is 36.5. The highest BCUT2D eigenvalue weighted by atomic mass is 16.3. The number of aromatic nitrogens is 4. The van der Waals surface area contributed by atoms with Crippen molar-refractivity contribution in [2.24, 2.45) is 17.6 Å². The summed E-state index contributed by atoms with van der Waals surface area (Å²) < 4.78 is 0. The van der Waals surface area contributed by atoms with E-state index in [0.717, 1.165) is 12.0 Å². The van der Waals surface area contributed by atoms with Gasteiger partial charge in [0, 0.05) is 56.0 Å². The number of imidazole rings is 2. The summed E-state index contributed by atoms with van der Waals surface area (Å²) in [6, 6.07) is 9.88. The van der Waals surface area contributed by atoms with E-state index < -0.39 is 102 Å². The normalized spacial score (nSPS) is 18.5. The topological polar surface area (TPSA) is 328 Å². The summed E-state index contributed by atoms with van der Waals surface area (Å²) in [5, 5.41) is 31.8. The smallest absolute Gasteiger partial charge is 0.246 e. The molecule has 0 radical (unpaired) electrons. The van der Waals surface area contributed by atoms with Gasteiger partial charge in [-0.3, -0.25) is 38.4 Å². The molecule has 4 aromatic rings. The van der Waals surface area contributed by atoms with Gasteiger partial charge in [0.05, 0.1) is 37.3 Å². The number of hydrogen-bond acceptors (Lipinski definition) is 12. The molecule has 2 aromatic heterocycles. The molecule has 10 atom stereocenters. The second-order valence-corrected chi connectivity index (χ2v) is 20.4. The summed E-state index contributed by atoms with van der Waals surface area (Å²) in [5.74, 6) is -5.30. The van der Waals surface area contributed by atoms with Crippen molar-refractivity contribution >= 4 is 47.3 Å². The van der Waals surface area contributed by atoms with Crippen LogP contribution in [0.25, 0.3) is 0 Å². The average molecular weight is 1050 g/mol. The van der Waals surface area contributed by atoms with E-state index in [2.05, 4.69) is 57.2 Å². The van der Waals surface area contributed by atoms with Crippen molar-refractivity contribution < 1.29 is 43.5 Å². The lowest BCUT2D eigenvalue weighted by molar-refractivity contribution is -0.142. The highest BCUT2D eigenvalue weighted by Crippen LogP contribution is 2.21. The quantitative estimate of drug-likeness (QED) is 0.0368. The number of hydrogen-bond donors (Lipinski definition) is 11. The van der Waals surface area contributed by atoms with Crippen molar-refractivity contribution in [3.05, 3.63) is 108 Å². The average Bonchev–Trinajstić information content (AvgIpc) is 4.27. The van der Waals surface area contributed by atoms with Crippen LogP contribution in [0.15, 0.2) is 85.7 Å². The number of nitrogens with zero attached hydrogens (tertiary/aromatic N) is 3. The predicted octanol–water partition coefficient (Wildman–Crippen LogP) is 0.384. The number of nitrogens with two attached hydrogens (primary N) is 1. The number of nitrogens with one attached hydrogen (secondary N) is 9. The molecule has 0 bridgehead atoms. The van der Waals surface area contributed by atoms with Crippen molar-refractivity contribution in [3.8, 4) is 0 Å². The molecule has 2 aliphatic heterocycles. The minimum Gasteiger partial charge on any atom is -0.390 e. The van der Waals surface area contributed by atoms with Crippen LogP contribution in [0.2, 0.25) is 0 Å². The number of H-pyrrole nitrogens is 2. The van der Waals surface area contributed by atoms with E-state index in [-0.39, 0.29) is 56.4 Å². The molecule has 0 unspecified atom stereocenters. The van der Waals surface area contributed by atoms with Gasteiger partial charge in [0.25, 0.3) is 0 Å². The number of amides is 8. The van der Waals surface area contributed by atoms with Gasteiger partial charge in [-0.25, -0.2) is 9.97 Å². The van der Waals surface area contributed by atoms with Gasteiger partial charge in [-0.1, -0.05) is 94.8 Å². The zero-order chi connectivity index (χ0) is 54.7. The maximum atomic E-state index is 14.6. The largest absolute Gasteiger partial charge is 0.390 e. The Bertz CT molecular complexity index is 2520. The SMILES string of the molecule is CC[C@H](C)[C@H](NC(=O)C[C@H](O)[C@H](CC(C)C)NC(=O)[C@H](Cc1cnc[nH]1)NC(=O)[C@H](Cc1ccccc1)NC(=O)[C@@H]1CCCN1C(=O)[C@H](Cc1cnc[nH]1)NC(=O)[C@@H]1CCCN1)C(=O)N[C@@H](Cc1ccccc1)C(N)=O. The zero-order valence-corrected chi connectivity index (χ0v) is 43.8. The molecular weight excluding hydrogens is 975 g/mol. The number of aliphatic hydroxyl groups is 1. The lowest BCUT2D eigenvalue weighted by Crippen LogP contribution is -2.60. The van der Waals surface area contributed by atoms with Crippen LogP contribution in [0.4, 0.5) is 0 Å². The molecule has 22 nitrogen and oxygen atoms in total. The van der Waals surface area contributed by atoms with Gasteiger partial charge < -0.3 is 62.9 Å². The summed E-state index contributed by atoms with van der Waals surface area (Å²) in [6.07, 6.45) is 7.11. The molecule has 2 fully saturated rings. The second kappa shape index (κ2) is 28.4. The third kappa shape index (κ3) is 17.0. The number of aliphatic hydroxyl groups excluding tert-OH is 1. The van der Waals surface area contributed by atoms with E-state index in [0.29, 0.717) is 49.2 Å². The summed E-state index contributed by atoms with van der Waals surface area (Å²) in [7, 11) is 0. The molecule has 0 saturated carbocycles. The number of carbonyl (C=O) groups excluding carboxylic acids is 8. The highest BCUT2D eigenvalue weighted by molar-refractivity contribution is 5.97. The fourth-order valence-corrected chi connectivity index (χ4v) is 9.63. The minimum absolute atomic E-state index is 0.0139. The first kappa shape index (κ1) is 57.8. The Morgan fingerprint density at radius 3 is 1.80 bits per heavy atom. The van der Waals surface area contributed by atoms with Gasteiger partial charge in [0.1, 0.15) is 36.3 Å². The van der Waals surface area contributed by atoms with Gasteiger partial charge >= 0.3 is 0 Å². The first-order valence-electron chi connectivity index (χ1n) is 26.3. The summed E-state index contributed by atoms with van der Waals surface area (Å²) in [4.78, 5) is 127. The zero-order valence-electron chi connectivity index (χ0n) is 43.8. The van der Waals surface area contributed by atoms with Crippen molar-refractivity contribution in [1.29, 1.82) is 0 Å². The fraction of sp³-hybridized carbons (Fsp3) is 0.519. The van der Waals surface area contributed by atoms with Gasteiger partial charge in [0.2, 0.25) is 47.3 Å². The molecular formula is C54H75N13O9. The van der Waals surface area contributed by atoms with Gasteiger partial charge in [0.15, 0.2) is 0 Å². The third-order valence-electron chi connectivity index (χ3n) is 14.0. The molecule has 0 aliphatic carbocycles.